The maximum Gasteiger partial charge on any atom is 0.308 e. The van der Waals surface area contributed by atoms with Crippen LogP contribution in [0.25, 0.3) is 0 Å². The van der Waals surface area contributed by atoms with Gasteiger partial charge in [-0.1, -0.05) is 0 Å². The Morgan fingerprint density at radius 1 is 1.50 bits per heavy atom. The van der Waals surface area contributed by atoms with E-state index >= 15 is 0 Å². The molecule has 0 N–H and O–H groups in total. The molecule has 1 saturated heterocycles. The number of nitro groups is 1. The fraction of sp³-hybridized carbons (Fsp3) is 0.417. The van der Waals surface area contributed by atoms with Gasteiger partial charge in [-0.15, -0.1) is 0 Å². The van der Waals surface area contributed by atoms with Crippen LogP contribution in [0, 0.1) is 21.7 Å². The van der Waals surface area contributed by atoms with E-state index in [9.17, 15) is 23.7 Å². The van der Waals surface area contributed by atoms with Gasteiger partial charge in [0.2, 0.25) is 5.82 Å². The van der Waals surface area contributed by atoms with E-state index in [1.54, 1.807) is 18.7 Å². The van der Waals surface area contributed by atoms with Gasteiger partial charge in [0.1, 0.15) is 5.82 Å². The first-order chi connectivity index (χ1) is 9.41. The molecule has 2 rings (SSSR count). The summed E-state index contributed by atoms with van der Waals surface area (Å²) in [5, 5.41) is 10.7. The first-order valence-corrected chi connectivity index (χ1v) is 7.09. The Balaban J connectivity index is 2.41. The van der Waals surface area contributed by atoms with Crippen LogP contribution in [0.2, 0.25) is 0 Å². The molecular weight excluding hydrogens is 290 g/mol. The Morgan fingerprint density at radius 3 is 2.80 bits per heavy atom. The Labute approximate surface area is 118 Å². The summed E-state index contributed by atoms with van der Waals surface area (Å²) in [6.45, 7) is 2.21. The third-order valence-electron chi connectivity index (χ3n) is 3.07. The molecular formula is C12H12F2N2O3S. The number of carbonyl (C=O) groups is 1. The Kier molecular flexibility index (Phi) is 4.22. The largest absolute Gasteiger partial charge is 0.334 e. The maximum absolute atomic E-state index is 14.0. The lowest BCUT2D eigenvalue weighted by atomic mass is 10.1. The molecule has 1 aromatic rings. The molecule has 0 radical (unpaired) electrons. The monoisotopic (exact) mass is 302 g/mol. The van der Waals surface area contributed by atoms with E-state index in [0.717, 1.165) is 0 Å². The summed E-state index contributed by atoms with van der Waals surface area (Å²) in [4.78, 5) is 23.3. The van der Waals surface area contributed by atoms with Crippen LogP contribution >= 0.6 is 11.8 Å². The molecule has 8 heteroatoms. The van der Waals surface area contributed by atoms with Crippen LogP contribution in [0.4, 0.5) is 14.5 Å². The van der Waals surface area contributed by atoms with Gasteiger partial charge in [-0.25, -0.2) is 4.39 Å². The number of rotatable bonds is 2. The van der Waals surface area contributed by atoms with Crippen molar-refractivity contribution in [3.63, 3.8) is 0 Å². The van der Waals surface area contributed by atoms with Crippen LogP contribution in [0.5, 0.6) is 0 Å². The molecule has 0 aliphatic carbocycles. The molecule has 20 heavy (non-hydrogen) atoms. The van der Waals surface area contributed by atoms with Crippen LogP contribution in [-0.2, 0) is 0 Å². The highest BCUT2D eigenvalue weighted by Gasteiger charge is 2.30. The lowest BCUT2D eigenvalue weighted by molar-refractivity contribution is -0.387. The van der Waals surface area contributed by atoms with Crippen molar-refractivity contribution in [3.8, 4) is 0 Å². The van der Waals surface area contributed by atoms with Crippen molar-refractivity contribution in [2.45, 2.75) is 13.0 Å². The zero-order valence-corrected chi connectivity index (χ0v) is 11.5. The molecule has 1 unspecified atom stereocenters. The predicted octanol–water partition coefficient (Wildman–Crippen LogP) is 2.45. The molecule has 1 amide bonds. The van der Waals surface area contributed by atoms with Crippen molar-refractivity contribution >= 4 is 23.4 Å². The minimum Gasteiger partial charge on any atom is -0.334 e. The number of hydrogen-bond donors (Lipinski definition) is 0. The second-order valence-electron chi connectivity index (χ2n) is 4.47. The average Bonchev–Trinajstić information content (AvgIpc) is 2.40. The Morgan fingerprint density at radius 2 is 2.20 bits per heavy atom. The zero-order chi connectivity index (χ0) is 14.9. The number of halogens is 2. The van der Waals surface area contributed by atoms with E-state index in [2.05, 4.69) is 0 Å². The van der Waals surface area contributed by atoms with Gasteiger partial charge in [0.05, 0.1) is 16.6 Å². The summed E-state index contributed by atoms with van der Waals surface area (Å²) in [6.07, 6.45) is 0. The van der Waals surface area contributed by atoms with E-state index in [1.807, 2.05) is 0 Å². The van der Waals surface area contributed by atoms with Crippen molar-refractivity contribution in [2.24, 2.45) is 0 Å². The molecule has 0 spiro atoms. The lowest BCUT2D eigenvalue weighted by Crippen LogP contribution is -2.44. The van der Waals surface area contributed by atoms with Gasteiger partial charge in [0.15, 0.2) is 0 Å². The van der Waals surface area contributed by atoms with Crippen LogP contribution in [0.15, 0.2) is 12.1 Å². The number of hydrogen-bond acceptors (Lipinski definition) is 4. The molecule has 1 aliphatic heterocycles. The van der Waals surface area contributed by atoms with Gasteiger partial charge in [0.25, 0.3) is 5.91 Å². The molecule has 0 bridgehead atoms. The van der Waals surface area contributed by atoms with Crippen LogP contribution in [0.1, 0.15) is 17.3 Å². The highest BCUT2D eigenvalue weighted by Crippen LogP contribution is 2.25. The van der Waals surface area contributed by atoms with E-state index in [4.69, 9.17) is 0 Å². The third-order valence-corrected chi connectivity index (χ3v) is 4.26. The van der Waals surface area contributed by atoms with Gasteiger partial charge >= 0.3 is 5.69 Å². The van der Waals surface area contributed by atoms with Crippen LogP contribution < -0.4 is 0 Å². The molecule has 1 atom stereocenters. The van der Waals surface area contributed by atoms with Crippen LogP contribution in [-0.4, -0.2) is 39.8 Å². The lowest BCUT2D eigenvalue weighted by Gasteiger charge is -2.33. The van der Waals surface area contributed by atoms with Gasteiger partial charge < -0.3 is 4.90 Å². The first kappa shape index (κ1) is 14.7. The van der Waals surface area contributed by atoms with Crippen molar-refractivity contribution in [1.29, 1.82) is 0 Å². The molecule has 5 nitrogen and oxygen atoms in total. The molecule has 1 heterocycles. The third kappa shape index (κ3) is 2.74. The topological polar surface area (TPSA) is 63.5 Å². The van der Waals surface area contributed by atoms with Crippen molar-refractivity contribution in [3.05, 3.63) is 39.4 Å². The highest BCUT2D eigenvalue weighted by atomic mass is 32.2. The summed E-state index contributed by atoms with van der Waals surface area (Å²) >= 11 is 1.66. The first-order valence-electron chi connectivity index (χ1n) is 5.94. The summed E-state index contributed by atoms with van der Waals surface area (Å²) in [7, 11) is 0. The second-order valence-corrected chi connectivity index (χ2v) is 5.62. The fourth-order valence-corrected chi connectivity index (χ4v) is 3.06. The summed E-state index contributed by atoms with van der Waals surface area (Å²) < 4.78 is 27.3. The number of amides is 1. The summed E-state index contributed by atoms with van der Waals surface area (Å²) in [6, 6.07) is 1.06. The molecule has 1 aliphatic rings. The summed E-state index contributed by atoms with van der Waals surface area (Å²) in [5.41, 5.74) is -1.61. The fourth-order valence-electron chi connectivity index (χ4n) is 2.05. The second kappa shape index (κ2) is 5.74. The number of nitro benzene ring substituents is 1. The van der Waals surface area contributed by atoms with Crippen molar-refractivity contribution in [2.75, 3.05) is 18.1 Å². The zero-order valence-electron chi connectivity index (χ0n) is 10.6. The standard InChI is InChI=1S/C12H12F2N2O3S/c1-7-6-20-3-2-15(7)12(17)9-4-8(13)5-10(11(9)14)16(18)19/h4-5,7H,2-3,6H2,1H3. The van der Waals surface area contributed by atoms with Crippen LogP contribution in [0.3, 0.4) is 0 Å². The average molecular weight is 302 g/mol. The molecule has 1 aromatic carbocycles. The van der Waals surface area contributed by atoms with E-state index in [1.165, 1.54) is 4.90 Å². The number of thioether (sulfide) groups is 1. The number of benzene rings is 1. The van der Waals surface area contributed by atoms with Crippen molar-refractivity contribution in [1.82, 2.24) is 4.90 Å². The Hall–Kier alpha value is -1.70. The van der Waals surface area contributed by atoms with Crippen molar-refractivity contribution < 1.29 is 18.5 Å². The Bertz CT molecular complexity index is 568. The van der Waals surface area contributed by atoms with E-state index < -0.39 is 33.7 Å². The van der Waals surface area contributed by atoms with E-state index in [0.29, 0.717) is 30.2 Å². The predicted molar refractivity (Wildman–Crippen MR) is 70.8 cm³/mol. The molecule has 0 saturated carbocycles. The molecule has 0 aromatic heterocycles. The maximum atomic E-state index is 14.0. The molecule has 108 valence electrons. The van der Waals surface area contributed by atoms with Gasteiger partial charge in [-0.2, -0.15) is 16.2 Å². The van der Waals surface area contributed by atoms with Gasteiger partial charge in [-0.3, -0.25) is 14.9 Å². The minimum absolute atomic E-state index is 0.122. The minimum atomic E-state index is -1.29. The number of nitrogens with zero attached hydrogens (tertiary/aromatic N) is 2. The number of carbonyl (C=O) groups excluding carboxylic acids is 1. The van der Waals surface area contributed by atoms with E-state index in [-0.39, 0.29) is 6.04 Å². The summed E-state index contributed by atoms with van der Waals surface area (Å²) in [5.74, 6) is -1.59. The van der Waals surface area contributed by atoms with Gasteiger partial charge in [0, 0.05) is 24.1 Å². The normalized spacial score (nSPS) is 18.9. The molecule has 1 fully saturated rings. The smallest absolute Gasteiger partial charge is 0.308 e. The highest BCUT2D eigenvalue weighted by molar-refractivity contribution is 7.99. The van der Waals surface area contributed by atoms with Gasteiger partial charge in [-0.05, 0) is 13.0 Å². The quantitative estimate of drug-likeness (QED) is 0.622. The SMILES string of the molecule is CC1CSCCN1C(=O)c1cc(F)cc([N+](=O)[O-])c1F.